The van der Waals surface area contributed by atoms with E-state index in [4.69, 9.17) is 5.53 Å². The minimum absolute atomic E-state index is 0. The molecular formula is C12H16IN5. The Morgan fingerprint density at radius 1 is 1.33 bits per heavy atom. The van der Waals surface area contributed by atoms with Crippen molar-refractivity contribution in [2.45, 2.75) is 33.5 Å². The summed E-state index contributed by atoms with van der Waals surface area (Å²) in [5, 5.41) is 3.69. The number of benzene rings is 1. The van der Waals surface area contributed by atoms with Crippen LogP contribution >= 0.6 is 0 Å². The van der Waals surface area contributed by atoms with Gasteiger partial charge in [-0.25, -0.2) is 9.13 Å². The molecule has 0 atom stereocenters. The number of nitrogens with zero attached hydrogens (tertiary/aromatic N) is 5. The summed E-state index contributed by atoms with van der Waals surface area (Å²) in [6, 6.07) is 8.27. The Labute approximate surface area is 123 Å². The van der Waals surface area contributed by atoms with E-state index >= 15 is 0 Å². The van der Waals surface area contributed by atoms with Gasteiger partial charge in [0, 0.05) is 4.91 Å². The Kier molecular flexibility index (Phi) is 5.43. The molecule has 0 spiro atoms. The van der Waals surface area contributed by atoms with Crippen LogP contribution in [0.1, 0.15) is 19.7 Å². The number of hydrogen-bond donors (Lipinski definition) is 0. The highest BCUT2D eigenvalue weighted by Crippen LogP contribution is 2.15. The van der Waals surface area contributed by atoms with Crippen LogP contribution in [0.25, 0.3) is 21.5 Å². The summed E-state index contributed by atoms with van der Waals surface area (Å²) in [5.74, 6) is 1.06. The van der Waals surface area contributed by atoms with Crippen LogP contribution < -0.4 is 28.5 Å². The Morgan fingerprint density at radius 2 is 2.06 bits per heavy atom. The van der Waals surface area contributed by atoms with E-state index in [9.17, 15) is 0 Å². The van der Waals surface area contributed by atoms with Gasteiger partial charge >= 0.3 is 0 Å². The summed E-state index contributed by atoms with van der Waals surface area (Å²) >= 11 is 0. The monoisotopic (exact) mass is 357 g/mol. The van der Waals surface area contributed by atoms with Crippen molar-refractivity contribution in [1.29, 1.82) is 0 Å². The highest BCUT2D eigenvalue weighted by molar-refractivity contribution is 5.72. The van der Waals surface area contributed by atoms with Gasteiger partial charge in [0.1, 0.15) is 6.54 Å². The van der Waals surface area contributed by atoms with Crippen LogP contribution in [0.3, 0.4) is 0 Å². The van der Waals surface area contributed by atoms with Crippen molar-refractivity contribution in [3.63, 3.8) is 0 Å². The molecule has 6 heteroatoms. The number of aryl methyl sites for hydroxylation is 2. The van der Waals surface area contributed by atoms with E-state index in [0.717, 1.165) is 18.9 Å². The van der Waals surface area contributed by atoms with Crippen LogP contribution in [-0.4, -0.2) is 4.57 Å². The third kappa shape index (κ3) is 2.44. The Hall–Kier alpha value is -1.27. The largest absolute Gasteiger partial charge is 1.00 e. The van der Waals surface area contributed by atoms with Crippen molar-refractivity contribution in [3.8, 4) is 0 Å². The molecular weight excluding hydrogens is 341 g/mol. The van der Waals surface area contributed by atoms with E-state index in [1.807, 2.05) is 12.1 Å². The van der Waals surface area contributed by atoms with Gasteiger partial charge in [0.15, 0.2) is 11.0 Å². The first-order valence-electron chi connectivity index (χ1n) is 5.84. The number of hydrogen-bond acceptors (Lipinski definition) is 1. The first-order valence-corrected chi connectivity index (χ1v) is 5.84. The van der Waals surface area contributed by atoms with Crippen molar-refractivity contribution in [2.24, 2.45) is 5.11 Å². The Balaban J connectivity index is 0.00000162. The number of rotatable bonds is 4. The van der Waals surface area contributed by atoms with E-state index < -0.39 is 0 Å². The average molecular weight is 357 g/mol. The minimum Gasteiger partial charge on any atom is -1.00 e. The fourth-order valence-electron chi connectivity index (χ4n) is 2.32. The molecule has 2 aromatic rings. The molecule has 0 bridgehead atoms. The number of aromatic nitrogens is 2. The van der Waals surface area contributed by atoms with E-state index in [1.165, 1.54) is 11.0 Å². The molecule has 0 aliphatic carbocycles. The Bertz CT molecular complexity index is 542. The first-order chi connectivity index (χ1) is 8.33. The summed E-state index contributed by atoms with van der Waals surface area (Å²) in [6.45, 7) is 6.36. The molecule has 5 nitrogen and oxygen atoms in total. The van der Waals surface area contributed by atoms with Crippen LogP contribution in [0.15, 0.2) is 29.4 Å². The number of para-hydroxylation sites is 2. The van der Waals surface area contributed by atoms with Crippen LogP contribution in [0.4, 0.5) is 0 Å². The van der Waals surface area contributed by atoms with Gasteiger partial charge in [0.2, 0.25) is 0 Å². The number of imidazole rings is 1. The maximum Gasteiger partial charge on any atom is 0.263 e. The molecule has 1 heterocycles. The van der Waals surface area contributed by atoms with Crippen molar-refractivity contribution in [2.75, 3.05) is 0 Å². The van der Waals surface area contributed by atoms with Gasteiger partial charge in [0.25, 0.3) is 5.82 Å². The third-order valence-corrected chi connectivity index (χ3v) is 2.99. The molecule has 96 valence electrons. The maximum atomic E-state index is 8.47. The predicted molar refractivity (Wildman–Crippen MR) is 66.3 cm³/mol. The zero-order valence-corrected chi connectivity index (χ0v) is 12.7. The molecule has 0 amide bonds. The molecule has 0 fully saturated rings. The highest BCUT2D eigenvalue weighted by Gasteiger charge is 2.21. The van der Waals surface area contributed by atoms with Crippen LogP contribution in [0, 0.1) is 0 Å². The average Bonchev–Trinajstić information content (AvgIpc) is 2.68. The molecule has 0 radical (unpaired) electrons. The van der Waals surface area contributed by atoms with Crippen LogP contribution in [-0.2, 0) is 19.6 Å². The fraction of sp³-hybridized carbons (Fsp3) is 0.417. The first kappa shape index (κ1) is 14.8. The second-order valence-corrected chi connectivity index (χ2v) is 3.78. The van der Waals surface area contributed by atoms with Crippen molar-refractivity contribution < 1.29 is 28.5 Å². The van der Waals surface area contributed by atoms with E-state index in [0.29, 0.717) is 6.54 Å². The second kappa shape index (κ2) is 6.61. The number of azide groups is 1. The molecule has 1 aromatic heterocycles. The summed E-state index contributed by atoms with van der Waals surface area (Å²) in [4.78, 5) is 2.85. The fourth-order valence-corrected chi connectivity index (χ4v) is 2.32. The number of fused-ring (bicyclic) bond motifs is 1. The van der Waals surface area contributed by atoms with E-state index in [2.05, 4.69) is 45.1 Å². The normalized spacial score (nSPS) is 9.89. The standard InChI is InChI=1S/C12H16N5.HI/c1-3-16-10-7-5-6-8-11(10)17(4-2)12(16)9-14-15-13;/h5-8H,3-4,9H2,1-2H3;1H/q+1;/p-1. The lowest BCUT2D eigenvalue weighted by atomic mass is 10.3. The predicted octanol–water partition coefficient (Wildman–Crippen LogP) is -0.217. The van der Waals surface area contributed by atoms with Gasteiger partial charge in [0.05, 0.1) is 13.1 Å². The molecule has 1 aromatic carbocycles. The topological polar surface area (TPSA) is 57.6 Å². The smallest absolute Gasteiger partial charge is 0.263 e. The van der Waals surface area contributed by atoms with Gasteiger partial charge in [-0.3, -0.25) is 0 Å². The van der Waals surface area contributed by atoms with Crippen LogP contribution in [0.5, 0.6) is 0 Å². The summed E-state index contributed by atoms with van der Waals surface area (Å²) in [5.41, 5.74) is 10.9. The van der Waals surface area contributed by atoms with Crippen molar-refractivity contribution in [1.82, 2.24) is 4.57 Å². The zero-order valence-electron chi connectivity index (χ0n) is 10.5. The molecule has 0 unspecified atom stereocenters. The maximum absolute atomic E-state index is 8.47. The molecule has 0 aliphatic rings. The lowest BCUT2D eigenvalue weighted by Crippen LogP contribution is -3.00. The third-order valence-electron chi connectivity index (χ3n) is 2.99. The molecule has 0 saturated carbocycles. The van der Waals surface area contributed by atoms with Gasteiger partial charge < -0.3 is 24.0 Å². The summed E-state index contributed by atoms with van der Waals surface area (Å²) in [6.07, 6.45) is 0. The lowest BCUT2D eigenvalue weighted by molar-refractivity contribution is -0.676. The second-order valence-electron chi connectivity index (χ2n) is 3.78. The quantitative estimate of drug-likeness (QED) is 0.239. The summed E-state index contributed by atoms with van der Waals surface area (Å²) < 4.78 is 4.40. The molecule has 0 aliphatic heterocycles. The van der Waals surface area contributed by atoms with Crippen LogP contribution in [0.2, 0.25) is 0 Å². The van der Waals surface area contributed by atoms with Gasteiger partial charge in [-0.2, -0.15) is 0 Å². The molecule has 2 rings (SSSR count). The molecule has 0 saturated heterocycles. The molecule has 0 N–H and O–H groups in total. The lowest BCUT2D eigenvalue weighted by Gasteiger charge is -1.98. The highest BCUT2D eigenvalue weighted by atomic mass is 127. The minimum atomic E-state index is 0. The van der Waals surface area contributed by atoms with Gasteiger partial charge in [-0.1, -0.05) is 17.2 Å². The van der Waals surface area contributed by atoms with E-state index in [-0.39, 0.29) is 24.0 Å². The SMILES string of the molecule is CCn1c(CN=[N+]=[N-])[n+](CC)c2ccccc21.[I-]. The number of halogens is 1. The summed E-state index contributed by atoms with van der Waals surface area (Å²) in [7, 11) is 0. The van der Waals surface area contributed by atoms with E-state index in [1.54, 1.807) is 0 Å². The zero-order chi connectivity index (χ0) is 12.3. The molecule has 18 heavy (non-hydrogen) atoms. The Morgan fingerprint density at radius 3 is 2.67 bits per heavy atom. The van der Waals surface area contributed by atoms with Crippen molar-refractivity contribution in [3.05, 3.63) is 40.5 Å². The van der Waals surface area contributed by atoms with Crippen molar-refractivity contribution >= 4 is 11.0 Å². The van der Waals surface area contributed by atoms with Gasteiger partial charge in [-0.15, -0.1) is 0 Å². The van der Waals surface area contributed by atoms with Gasteiger partial charge in [-0.05, 0) is 31.5 Å².